The Labute approximate surface area is 291 Å². The molecule has 0 bridgehead atoms. The lowest BCUT2D eigenvalue weighted by atomic mass is 9.95. The van der Waals surface area contributed by atoms with E-state index in [4.69, 9.17) is 0 Å². The van der Waals surface area contributed by atoms with E-state index < -0.39 is 6.23 Å². The second-order valence-electron chi connectivity index (χ2n) is 13.2. The maximum absolute atomic E-state index is 15.2. The molecule has 50 heavy (non-hydrogen) atoms. The number of aliphatic hydroxyl groups excluding tert-OH is 1. The van der Waals surface area contributed by atoms with E-state index in [1.807, 2.05) is 103 Å². The first-order valence-electron chi connectivity index (χ1n) is 17.0. The minimum Gasteiger partial charge on any atom is -0.369 e. The maximum Gasteiger partial charge on any atom is 0.263 e. The zero-order valence-electron chi connectivity index (χ0n) is 27.8. The van der Waals surface area contributed by atoms with Crippen molar-refractivity contribution in [2.24, 2.45) is 0 Å². The first kappa shape index (κ1) is 29.9. The molecular formula is C46H34N2O2. The van der Waals surface area contributed by atoms with Gasteiger partial charge in [-0.25, -0.2) is 0 Å². The van der Waals surface area contributed by atoms with Gasteiger partial charge in [0.15, 0.2) is 6.23 Å². The molecule has 0 aliphatic carbocycles. The fourth-order valence-electron chi connectivity index (χ4n) is 7.92. The molecule has 1 aliphatic heterocycles. The third-order valence-corrected chi connectivity index (χ3v) is 9.94. The summed E-state index contributed by atoms with van der Waals surface area (Å²) in [6, 6.07) is 53.5. The number of hydrogen-bond donors (Lipinski definition) is 1. The molecular weight excluding hydrogens is 613 g/mol. The number of aliphatic hydroxyl groups is 1. The van der Waals surface area contributed by atoms with E-state index in [-0.39, 0.29) is 5.91 Å². The molecule has 1 N–H and O–H groups in total. The molecule has 0 saturated heterocycles. The molecule has 0 radical (unpaired) electrons. The van der Waals surface area contributed by atoms with E-state index in [9.17, 15) is 5.11 Å². The number of rotatable bonds is 5. The van der Waals surface area contributed by atoms with Crippen molar-refractivity contribution in [2.45, 2.75) is 20.1 Å². The lowest BCUT2D eigenvalue weighted by molar-refractivity contribution is 0.0935. The standard InChI is InChI=1S/C46H34N2O2/c1-29-26-30(2)28-33(27-29)36-21-12-22-38-37-18-9-10-24-40(37)47(44(36)38)41-25-13-23-39-42(41)46(50)48(45(39)49)43-34(31-14-5-3-6-15-31)19-11-20-35(43)32-16-7-4-8-17-32/h3-28,45,49H,1-2H3. The average Bonchev–Trinajstić information content (AvgIpc) is 3.62. The Kier molecular flexibility index (Phi) is 7.01. The Hall–Kier alpha value is -6.23. The van der Waals surface area contributed by atoms with Crippen molar-refractivity contribution in [3.8, 4) is 39.1 Å². The summed E-state index contributed by atoms with van der Waals surface area (Å²) in [6.45, 7) is 4.25. The lowest BCUT2D eigenvalue weighted by Crippen LogP contribution is -2.29. The third-order valence-electron chi connectivity index (χ3n) is 9.94. The number of carbonyl (C=O) groups is 1. The van der Waals surface area contributed by atoms with Crippen LogP contribution in [-0.2, 0) is 0 Å². The van der Waals surface area contributed by atoms with Gasteiger partial charge in [-0.15, -0.1) is 0 Å². The fraction of sp³-hybridized carbons (Fsp3) is 0.0652. The first-order valence-corrected chi connectivity index (χ1v) is 17.0. The summed E-state index contributed by atoms with van der Waals surface area (Å²) < 4.78 is 2.23. The monoisotopic (exact) mass is 646 g/mol. The highest BCUT2D eigenvalue weighted by atomic mass is 16.3. The van der Waals surface area contributed by atoms with E-state index in [0.717, 1.165) is 60.9 Å². The van der Waals surface area contributed by atoms with E-state index >= 15 is 4.79 Å². The average molecular weight is 647 g/mol. The number of hydrogen-bond acceptors (Lipinski definition) is 2. The summed E-state index contributed by atoms with van der Waals surface area (Å²) in [5, 5.41) is 14.5. The van der Waals surface area contributed by atoms with Crippen LogP contribution in [0, 0.1) is 13.8 Å². The minimum absolute atomic E-state index is 0.238. The van der Waals surface area contributed by atoms with Crippen LogP contribution >= 0.6 is 0 Å². The molecule has 2 heterocycles. The molecule has 1 aliphatic rings. The predicted molar refractivity (Wildman–Crippen MR) is 205 cm³/mol. The van der Waals surface area contributed by atoms with Crippen LogP contribution in [0.5, 0.6) is 0 Å². The summed E-state index contributed by atoms with van der Waals surface area (Å²) >= 11 is 0. The van der Waals surface area contributed by atoms with Gasteiger partial charge >= 0.3 is 0 Å². The van der Waals surface area contributed by atoms with Crippen LogP contribution in [0.2, 0.25) is 0 Å². The van der Waals surface area contributed by atoms with Gasteiger partial charge in [0, 0.05) is 33.0 Å². The van der Waals surface area contributed by atoms with Gasteiger partial charge in [0.1, 0.15) is 0 Å². The fourth-order valence-corrected chi connectivity index (χ4v) is 7.92. The molecule has 7 aromatic carbocycles. The number of aryl methyl sites for hydroxylation is 2. The van der Waals surface area contributed by atoms with E-state index in [0.29, 0.717) is 16.8 Å². The van der Waals surface area contributed by atoms with Crippen molar-refractivity contribution >= 4 is 33.4 Å². The Balaban J connectivity index is 1.32. The van der Waals surface area contributed by atoms with E-state index in [1.165, 1.54) is 11.1 Å². The summed E-state index contributed by atoms with van der Waals surface area (Å²) in [7, 11) is 0. The highest BCUT2D eigenvalue weighted by Crippen LogP contribution is 2.48. The second kappa shape index (κ2) is 11.7. The van der Waals surface area contributed by atoms with Crippen LogP contribution in [0.3, 0.4) is 0 Å². The highest BCUT2D eigenvalue weighted by molar-refractivity contribution is 6.19. The Bertz CT molecular complexity index is 2520. The number of benzene rings is 7. The van der Waals surface area contributed by atoms with E-state index in [1.54, 1.807) is 4.90 Å². The third kappa shape index (κ3) is 4.61. The SMILES string of the molecule is Cc1cc(C)cc(-c2cccc3c4ccccc4n(-c4cccc5c4C(=O)N(c4c(-c6ccccc6)cccc4-c4ccccc4)C5O)c23)c1. The highest BCUT2D eigenvalue weighted by Gasteiger charge is 2.41. The number of aromatic nitrogens is 1. The van der Waals surface area contributed by atoms with Crippen LogP contribution in [0.15, 0.2) is 158 Å². The van der Waals surface area contributed by atoms with Crippen LogP contribution in [0.25, 0.3) is 60.9 Å². The Morgan fingerprint density at radius 3 is 1.78 bits per heavy atom. The zero-order valence-corrected chi connectivity index (χ0v) is 27.8. The van der Waals surface area contributed by atoms with Gasteiger partial charge in [0.05, 0.1) is 28.0 Å². The quantitative estimate of drug-likeness (QED) is 0.202. The molecule has 1 atom stereocenters. The van der Waals surface area contributed by atoms with Crippen molar-refractivity contribution in [3.05, 3.63) is 180 Å². The summed E-state index contributed by atoms with van der Waals surface area (Å²) in [6.07, 6.45) is -1.18. The maximum atomic E-state index is 15.2. The van der Waals surface area contributed by atoms with Gasteiger partial charge in [-0.3, -0.25) is 9.69 Å². The van der Waals surface area contributed by atoms with Crippen molar-refractivity contribution in [1.82, 2.24) is 4.57 Å². The molecule has 8 aromatic rings. The van der Waals surface area contributed by atoms with Crippen LogP contribution < -0.4 is 4.90 Å². The van der Waals surface area contributed by atoms with E-state index in [2.05, 4.69) is 73.0 Å². The predicted octanol–water partition coefficient (Wildman–Crippen LogP) is 11.1. The molecule has 1 amide bonds. The molecule has 240 valence electrons. The van der Waals surface area contributed by atoms with Crippen molar-refractivity contribution in [3.63, 3.8) is 0 Å². The van der Waals surface area contributed by atoms with Gasteiger partial charge < -0.3 is 9.67 Å². The molecule has 0 spiro atoms. The first-order chi connectivity index (χ1) is 24.5. The number of para-hydroxylation sites is 3. The lowest BCUT2D eigenvalue weighted by Gasteiger charge is -2.27. The van der Waals surface area contributed by atoms with Crippen molar-refractivity contribution < 1.29 is 9.90 Å². The van der Waals surface area contributed by atoms with Crippen molar-refractivity contribution in [1.29, 1.82) is 0 Å². The smallest absolute Gasteiger partial charge is 0.263 e. The zero-order chi connectivity index (χ0) is 33.9. The number of anilines is 1. The number of fused-ring (bicyclic) bond motifs is 4. The van der Waals surface area contributed by atoms with Gasteiger partial charge in [-0.05, 0) is 42.7 Å². The normalized spacial score (nSPS) is 14.1. The van der Waals surface area contributed by atoms with Crippen LogP contribution in [0.1, 0.15) is 33.3 Å². The molecule has 9 rings (SSSR count). The largest absolute Gasteiger partial charge is 0.369 e. The molecule has 4 nitrogen and oxygen atoms in total. The Morgan fingerprint density at radius 2 is 1.10 bits per heavy atom. The molecule has 1 unspecified atom stereocenters. The van der Waals surface area contributed by atoms with Gasteiger partial charge in [-0.1, -0.05) is 157 Å². The summed E-state index contributed by atoms with van der Waals surface area (Å²) in [5.41, 5.74) is 12.8. The van der Waals surface area contributed by atoms with Gasteiger partial charge in [0.2, 0.25) is 0 Å². The van der Waals surface area contributed by atoms with Crippen molar-refractivity contribution in [2.75, 3.05) is 4.90 Å². The molecule has 0 fully saturated rings. The number of nitrogens with zero attached hydrogens (tertiary/aromatic N) is 2. The van der Waals surface area contributed by atoms with Gasteiger partial charge in [-0.2, -0.15) is 0 Å². The van der Waals surface area contributed by atoms with Crippen LogP contribution in [0.4, 0.5) is 5.69 Å². The van der Waals surface area contributed by atoms with Crippen LogP contribution in [-0.4, -0.2) is 15.6 Å². The number of amides is 1. The topological polar surface area (TPSA) is 45.5 Å². The summed E-state index contributed by atoms with van der Waals surface area (Å²) in [5.74, 6) is -0.238. The molecule has 1 aromatic heterocycles. The molecule has 4 heteroatoms. The Morgan fingerprint density at radius 1 is 0.540 bits per heavy atom. The summed E-state index contributed by atoms with van der Waals surface area (Å²) in [4.78, 5) is 16.8. The second-order valence-corrected chi connectivity index (χ2v) is 13.2. The molecule has 0 saturated carbocycles. The minimum atomic E-state index is -1.18. The van der Waals surface area contributed by atoms with Gasteiger partial charge in [0.25, 0.3) is 5.91 Å². The number of carbonyl (C=O) groups excluding carboxylic acids is 1.